The molecule has 1 fully saturated rings. The van der Waals surface area contributed by atoms with Crippen molar-refractivity contribution in [1.29, 1.82) is 0 Å². The fourth-order valence-corrected chi connectivity index (χ4v) is 4.62. The summed E-state index contributed by atoms with van der Waals surface area (Å²) in [7, 11) is 1.60. The van der Waals surface area contributed by atoms with Crippen molar-refractivity contribution >= 4 is 0 Å². The molecular weight excluding hydrogens is 468 g/mol. The Balaban J connectivity index is 1.55. The zero-order chi connectivity index (χ0) is 25.9. The Kier molecular flexibility index (Phi) is 10.0. The smallest absolute Gasteiger partial charge is 0.198 e. The third-order valence-electron chi connectivity index (χ3n) is 6.45. The summed E-state index contributed by atoms with van der Waals surface area (Å²) in [5.41, 5.74) is 3.05. The topological polar surface area (TPSA) is 66.4 Å². The molecule has 1 saturated heterocycles. The minimum atomic E-state index is -1.66. The second-order valence-corrected chi connectivity index (χ2v) is 9.17. The lowest BCUT2D eigenvalue weighted by Crippen LogP contribution is -2.66. The summed E-state index contributed by atoms with van der Waals surface area (Å²) >= 11 is 0. The van der Waals surface area contributed by atoms with Crippen molar-refractivity contribution in [2.45, 2.75) is 56.4 Å². The Morgan fingerprint density at radius 1 is 0.784 bits per heavy atom. The van der Waals surface area contributed by atoms with Crippen molar-refractivity contribution in [2.24, 2.45) is 0 Å². The van der Waals surface area contributed by atoms with Crippen molar-refractivity contribution in [3.05, 3.63) is 120 Å². The van der Waals surface area contributed by atoms with Crippen molar-refractivity contribution in [2.75, 3.05) is 13.7 Å². The Labute approximate surface area is 219 Å². The number of benzene rings is 3. The van der Waals surface area contributed by atoms with Crippen LogP contribution in [0.4, 0.5) is 0 Å². The van der Waals surface area contributed by atoms with E-state index < -0.39 is 30.2 Å². The molecule has 3 aromatic rings. The third kappa shape index (κ3) is 7.36. The fraction of sp³-hybridized carbons (Fsp3) is 0.355. The zero-order valence-electron chi connectivity index (χ0n) is 21.3. The van der Waals surface area contributed by atoms with Gasteiger partial charge in [0.2, 0.25) is 0 Å². The van der Waals surface area contributed by atoms with Crippen LogP contribution in [-0.2, 0) is 43.5 Å². The van der Waals surface area contributed by atoms with Crippen molar-refractivity contribution in [1.82, 2.24) is 0 Å². The van der Waals surface area contributed by atoms with E-state index in [1.165, 1.54) is 0 Å². The molecule has 4 rings (SSSR count). The highest BCUT2D eigenvalue weighted by molar-refractivity contribution is 5.15. The average Bonchev–Trinajstić information content (AvgIpc) is 2.93. The van der Waals surface area contributed by atoms with E-state index >= 15 is 0 Å². The number of rotatable bonds is 13. The van der Waals surface area contributed by atoms with Gasteiger partial charge in [-0.1, -0.05) is 97.1 Å². The van der Waals surface area contributed by atoms with E-state index in [-0.39, 0.29) is 19.6 Å². The van der Waals surface area contributed by atoms with Crippen LogP contribution in [0.1, 0.15) is 23.1 Å². The summed E-state index contributed by atoms with van der Waals surface area (Å²) in [6, 6.07) is 29.6. The minimum absolute atomic E-state index is 0.160. The lowest BCUT2D eigenvalue weighted by Gasteiger charge is -2.49. The Hall–Kier alpha value is -2.84. The van der Waals surface area contributed by atoms with Gasteiger partial charge in [0.15, 0.2) is 5.79 Å². The first kappa shape index (κ1) is 27.2. The van der Waals surface area contributed by atoms with Gasteiger partial charge in [-0.25, -0.2) is 0 Å². The summed E-state index contributed by atoms with van der Waals surface area (Å²) < 4.78 is 31.0. The molecule has 1 heterocycles. The highest BCUT2D eigenvalue weighted by atomic mass is 16.7. The van der Waals surface area contributed by atoms with Crippen molar-refractivity contribution < 1.29 is 28.8 Å². The Morgan fingerprint density at radius 2 is 1.30 bits per heavy atom. The first-order chi connectivity index (χ1) is 18.1. The van der Waals surface area contributed by atoms with Gasteiger partial charge in [0.1, 0.15) is 24.4 Å². The normalized spacial score (nSPS) is 25.6. The molecular formula is C31H36O6. The predicted octanol–water partition coefficient (Wildman–Crippen LogP) is 5.05. The summed E-state index contributed by atoms with van der Waals surface area (Å²) in [5.74, 6) is -1.66. The number of methoxy groups -OCH3 is 1. The van der Waals surface area contributed by atoms with Crippen LogP contribution in [0.2, 0.25) is 0 Å². The van der Waals surface area contributed by atoms with E-state index in [9.17, 15) is 5.11 Å². The first-order valence-electron chi connectivity index (χ1n) is 12.6. The summed E-state index contributed by atoms with van der Waals surface area (Å²) in [6.45, 7) is 5.09. The molecule has 1 N–H and O–H groups in total. The number of ether oxygens (including phenoxy) is 5. The van der Waals surface area contributed by atoms with E-state index in [1.54, 1.807) is 13.2 Å². The highest BCUT2D eigenvalue weighted by Crippen LogP contribution is 2.37. The molecule has 6 heteroatoms. The average molecular weight is 505 g/mol. The van der Waals surface area contributed by atoms with Gasteiger partial charge in [-0.3, -0.25) is 0 Å². The van der Waals surface area contributed by atoms with Crippen LogP contribution < -0.4 is 0 Å². The molecule has 0 bridgehead atoms. The molecule has 0 aromatic heterocycles. The molecule has 6 nitrogen and oxygen atoms in total. The third-order valence-corrected chi connectivity index (χ3v) is 6.45. The SMILES string of the molecule is C=CCC1(O)O[C@H](COCc2ccccc2)[C@@H](OCc2ccccc2)[C@H](OC)[C@H]1OCc1ccccc1. The van der Waals surface area contributed by atoms with Crippen LogP contribution in [0.25, 0.3) is 0 Å². The van der Waals surface area contributed by atoms with Crippen molar-refractivity contribution in [3.63, 3.8) is 0 Å². The van der Waals surface area contributed by atoms with Gasteiger partial charge in [-0.15, -0.1) is 6.58 Å². The van der Waals surface area contributed by atoms with Gasteiger partial charge < -0.3 is 28.8 Å². The molecule has 0 spiro atoms. The molecule has 0 aliphatic carbocycles. The van der Waals surface area contributed by atoms with Crippen LogP contribution >= 0.6 is 0 Å². The molecule has 1 unspecified atom stereocenters. The summed E-state index contributed by atoms with van der Waals surface area (Å²) in [6.07, 6.45) is -0.796. The van der Waals surface area contributed by atoms with E-state index in [1.807, 2.05) is 91.0 Å². The highest BCUT2D eigenvalue weighted by Gasteiger charge is 2.55. The molecule has 196 valence electrons. The standard InChI is InChI=1S/C31H36O6/c1-3-19-31(32)30(36-22-26-17-11-6-12-18-26)29(33-2)28(35-21-25-15-9-5-10-16-25)27(37-31)23-34-20-24-13-7-4-8-14-24/h3-18,27-30,32H,1,19-23H2,2H3/t27-,28-,29+,30-,31?/m1/s1. The number of aliphatic hydroxyl groups is 1. The van der Waals surface area contributed by atoms with E-state index in [2.05, 4.69) is 6.58 Å². The van der Waals surface area contributed by atoms with Gasteiger partial charge in [-0.2, -0.15) is 0 Å². The Morgan fingerprint density at radius 3 is 1.81 bits per heavy atom. The van der Waals surface area contributed by atoms with Crippen LogP contribution in [0.5, 0.6) is 0 Å². The fourth-order valence-electron chi connectivity index (χ4n) is 4.62. The number of hydrogen-bond donors (Lipinski definition) is 1. The quantitative estimate of drug-likeness (QED) is 0.329. The second kappa shape index (κ2) is 13.6. The molecule has 5 atom stereocenters. The van der Waals surface area contributed by atoms with Gasteiger partial charge in [0.25, 0.3) is 0 Å². The molecule has 1 aliphatic heterocycles. The molecule has 3 aromatic carbocycles. The van der Waals surface area contributed by atoms with E-state index in [0.717, 1.165) is 16.7 Å². The number of hydrogen-bond acceptors (Lipinski definition) is 6. The van der Waals surface area contributed by atoms with Gasteiger partial charge >= 0.3 is 0 Å². The van der Waals surface area contributed by atoms with Crippen LogP contribution in [0.3, 0.4) is 0 Å². The van der Waals surface area contributed by atoms with Crippen molar-refractivity contribution in [3.8, 4) is 0 Å². The predicted molar refractivity (Wildman–Crippen MR) is 142 cm³/mol. The lowest BCUT2D eigenvalue weighted by molar-refractivity contribution is -0.366. The minimum Gasteiger partial charge on any atom is -0.376 e. The lowest BCUT2D eigenvalue weighted by atomic mass is 9.90. The summed E-state index contributed by atoms with van der Waals surface area (Å²) in [5, 5.41) is 11.7. The molecule has 0 amide bonds. The van der Waals surface area contributed by atoms with E-state index in [4.69, 9.17) is 23.7 Å². The van der Waals surface area contributed by atoms with Gasteiger partial charge in [-0.05, 0) is 16.7 Å². The Bertz CT molecular complexity index is 1060. The van der Waals surface area contributed by atoms with Gasteiger partial charge in [0.05, 0.1) is 26.4 Å². The maximum absolute atomic E-state index is 11.7. The molecule has 0 radical (unpaired) electrons. The molecule has 0 saturated carbocycles. The maximum atomic E-state index is 11.7. The van der Waals surface area contributed by atoms with Crippen LogP contribution in [0.15, 0.2) is 104 Å². The maximum Gasteiger partial charge on any atom is 0.198 e. The molecule has 37 heavy (non-hydrogen) atoms. The largest absolute Gasteiger partial charge is 0.376 e. The monoisotopic (exact) mass is 504 g/mol. The van der Waals surface area contributed by atoms with Gasteiger partial charge in [0, 0.05) is 13.5 Å². The zero-order valence-corrected chi connectivity index (χ0v) is 21.3. The van der Waals surface area contributed by atoms with Crippen LogP contribution in [-0.4, -0.2) is 49.0 Å². The van der Waals surface area contributed by atoms with E-state index in [0.29, 0.717) is 13.2 Å². The van der Waals surface area contributed by atoms with Crippen LogP contribution in [0, 0.1) is 0 Å². The summed E-state index contributed by atoms with van der Waals surface area (Å²) in [4.78, 5) is 0. The first-order valence-corrected chi connectivity index (χ1v) is 12.6. The second-order valence-electron chi connectivity index (χ2n) is 9.17. The molecule has 1 aliphatic rings.